The topological polar surface area (TPSA) is 105 Å². The van der Waals surface area contributed by atoms with E-state index in [0.717, 1.165) is 58.0 Å². The third-order valence-corrected chi connectivity index (χ3v) is 11.8. The first-order chi connectivity index (χ1) is 21.6. The number of aromatic nitrogens is 4. The van der Waals surface area contributed by atoms with Crippen molar-refractivity contribution in [2.24, 2.45) is 5.92 Å². The SMILES string of the molecule is C[C@H]1CC[C@H](c2ccc3sc(CCN4CCCC4)nc3c2)N(C(=O)C(=O)Nc2cncc3cnn(COCC[Si](C)(C)C)c23)C1. The Morgan fingerprint density at radius 2 is 1.93 bits per heavy atom. The van der Waals surface area contributed by atoms with Crippen LogP contribution in [0, 0.1) is 5.92 Å². The molecule has 2 atom stereocenters. The monoisotopic (exact) mass is 647 g/mol. The van der Waals surface area contributed by atoms with E-state index in [9.17, 15) is 9.59 Å². The Kier molecular flexibility index (Phi) is 9.64. The number of nitrogens with zero attached hydrogens (tertiary/aromatic N) is 6. The number of rotatable bonds is 10. The number of hydrogen-bond donors (Lipinski definition) is 1. The van der Waals surface area contributed by atoms with Gasteiger partial charge in [0.25, 0.3) is 0 Å². The fourth-order valence-electron chi connectivity index (χ4n) is 6.36. The van der Waals surface area contributed by atoms with Gasteiger partial charge in [-0.2, -0.15) is 5.10 Å². The van der Waals surface area contributed by atoms with Crippen LogP contribution in [-0.4, -0.2) is 82.2 Å². The Balaban J connectivity index is 1.16. The van der Waals surface area contributed by atoms with Crippen LogP contribution in [-0.2, 0) is 27.5 Å². The van der Waals surface area contributed by atoms with Crippen LogP contribution in [0.25, 0.3) is 21.1 Å². The van der Waals surface area contributed by atoms with E-state index in [4.69, 9.17) is 9.72 Å². The standard InChI is InChI=1S/C33H45N7O3SSi/c1-23-7-9-28(24-8-10-29-26(17-24)36-30(44-29)11-14-38-12-5-6-13-38)39(21-23)33(42)32(41)37-27-20-34-18-25-19-35-40(31(25)27)22-43-15-16-45(2,3)4/h8,10,17-20,23,28H,5-7,9,11-16,21-22H2,1-4H3,(H,37,41)/t23-,28+/m0/s1. The molecule has 0 aliphatic carbocycles. The lowest BCUT2D eigenvalue weighted by molar-refractivity contribution is -0.146. The molecule has 0 spiro atoms. The lowest BCUT2D eigenvalue weighted by Crippen LogP contribution is -2.46. The van der Waals surface area contributed by atoms with Crippen molar-refractivity contribution in [1.82, 2.24) is 29.5 Å². The predicted molar refractivity (Wildman–Crippen MR) is 182 cm³/mol. The third kappa shape index (κ3) is 7.62. The molecule has 2 fully saturated rings. The highest BCUT2D eigenvalue weighted by molar-refractivity contribution is 7.18. The van der Waals surface area contributed by atoms with Crippen LogP contribution in [0.3, 0.4) is 0 Å². The average molecular weight is 648 g/mol. The predicted octanol–water partition coefficient (Wildman–Crippen LogP) is 5.93. The van der Waals surface area contributed by atoms with Crippen LogP contribution in [0.2, 0.25) is 25.7 Å². The Hall–Kier alpha value is -3.19. The van der Waals surface area contributed by atoms with E-state index in [-0.39, 0.29) is 12.8 Å². The molecule has 240 valence electrons. The summed E-state index contributed by atoms with van der Waals surface area (Å²) in [4.78, 5) is 40.9. The minimum Gasteiger partial charge on any atom is -0.360 e. The number of thiazole rings is 1. The number of amides is 2. The molecule has 0 unspecified atom stereocenters. The number of ether oxygens (including phenoxy) is 1. The van der Waals surface area contributed by atoms with Crippen molar-refractivity contribution in [3.8, 4) is 0 Å². The van der Waals surface area contributed by atoms with Gasteiger partial charge in [-0.05, 0) is 68.4 Å². The van der Waals surface area contributed by atoms with Crippen LogP contribution in [0.1, 0.15) is 49.2 Å². The molecule has 3 aromatic heterocycles. The van der Waals surface area contributed by atoms with Gasteiger partial charge in [0.2, 0.25) is 0 Å². The number of hydrogen-bond acceptors (Lipinski definition) is 8. The van der Waals surface area contributed by atoms with Gasteiger partial charge in [-0.15, -0.1) is 11.3 Å². The van der Waals surface area contributed by atoms with Crippen molar-refractivity contribution in [3.63, 3.8) is 0 Å². The molecule has 12 heteroatoms. The Bertz CT molecular complexity index is 1660. The number of carbonyl (C=O) groups is 2. The molecule has 1 N–H and O–H groups in total. The van der Waals surface area contributed by atoms with Crippen molar-refractivity contribution in [1.29, 1.82) is 0 Å². The van der Waals surface area contributed by atoms with Gasteiger partial charge in [0.05, 0.1) is 44.9 Å². The number of benzene rings is 1. The summed E-state index contributed by atoms with van der Waals surface area (Å²) in [5, 5.41) is 9.25. The van der Waals surface area contributed by atoms with Crippen molar-refractivity contribution in [3.05, 3.63) is 47.4 Å². The average Bonchev–Trinajstić information content (AvgIpc) is 3.77. The minimum atomic E-state index is -1.22. The molecule has 0 bridgehead atoms. The zero-order valence-corrected chi connectivity index (χ0v) is 28.7. The van der Waals surface area contributed by atoms with Crippen molar-refractivity contribution in [2.45, 2.75) is 77.5 Å². The van der Waals surface area contributed by atoms with E-state index in [1.54, 1.807) is 39.5 Å². The molecule has 0 saturated carbocycles. The smallest absolute Gasteiger partial charge is 0.314 e. The van der Waals surface area contributed by atoms with Gasteiger partial charge in [0.1, 0.15) is 6.73 Å². The summed E-state index contributed by atoms with van der Waals surface area (Å²) in [7, 11) is -1.22. The number of fused-ring (bicyclic) bond motifs is 2. The van der Waals surface area contributed by atoms with Gasteiger partial charge >= 0.3 is 11.8 Å². The van der Waals surface area contributed by atoms with Gasteiger partial charge in [-0.25, -0.2) is 9.67 Å². The highest BCUT2D eigenvalue weighted by Gasteiger charge is 2.35. The molecule has 0 radical (unpaired) electrons. The largest absolute Gasteiger partial charge is 0.360 e. The van der Waals surface area contributed by atoms with Gasteiger partial charge in [-0.1, -0.05) is 32.6 Å². The van der Waals surface area contributed by atoms with Gasteiger partial charge < -0.3 is 19.9 Å². The van der Waals surface area contributed by atoms with E-state index in [1.807, 2.05) is 0 Å². The van der Waals surface area contributed by atoms with Crippen molar-refractivity contribution >= 4 is 58.0 Å². The summed E-state index contributed by atoms with van der Waals surface area (Å²) < 4.78 is 8.81. The lowest BCUT2D eigenvalue weighted by atomic mass is 9.89. The van der Waals surface area contributed by atoms with E-state index in [2.05, 4.69) is 65.1 Å². The fraction of sp³-hybridized carbons (Fsp3) is 0.545. The second-order valence-corrected chi connectivity index (χ2v) is 20.6. The Labute approximate surface area is 270 Å². The molecular weight excluding hydrogens is 603 g/mol. The van der Waals surface area contributed by atoms with Crippen molar-refractivity contribution in [2.75, 3.05) is 38.1 Å². The Morgan fingerprint density at radius 3 is 2.73 bits per heavy atom. The molecule has 2 amide bonds. The second-order valence-electron chi connectivity index (χ2n) is 13.9. The molecule has 2 saturated heterocycles. The summed E-state index contributed by atoms with van der Waals surface area (Å²) in [6, 6.07) is 7.22. The van der Waals surface area contributed by atoms with Crippen LogP contribution in [0.4, 0.5) is 5.69 Å². The number of anilines is 1. The maximum absolute atomic E-state index is 13.8. The highest BCUT2D eigenvalue weighted by atomic mass is 32.1. The molecule has 2 aliphatic rings. The fourth-order valence-corrected chi connectivity index (χ4v) is 8.05. The molecule has 45 heavy (non-hydrogen) atoms. The molecule has 2 aliphatic heterocycles. The normalized spacial score (nSPS) is 19.5. The summed E-state index contributed by atoms with van der Waals surface area (Å²) in [5.41, 5.74) is 3.15. The maximum atomic E-state index is 13.8. The first kappa shape index (κ1) is 31.8. The molecular formula is C33H45N7O3SSi. The minimum absolute atomic E-state index is 0.183. The van der Waals surface area contributed by atoms with Crippen LogP contribution >= 0.6 is 11.3 Å². The highest BCUT2D eigenvalue weighted by Crippen LogP contribution is 2.36. The van der Waals surface area contributed by atoms with Crippen LogP contribution < -0.4 is 5.32 Å². The van der Waals surface area contributed by atoms with Crippen LogP contribution in [0.5, 0.6) is 0 Å². The van der Waals surface area contributed by atoms with E-state index < -0.39 is 19.9 Å². The quantitative estimate of drug-likeness (QED) is 0.129. The number of nitrogens with one attached hydrogen (secondary N) is 1. The zero-order valence-electron chi connectivity index (χ0n) is 26.9. The van der Waals surface area contributed by atoms with E-state index >= 15 is 0 Å². The van der Waals surface area contributed by atoms with Gasteiger partial charge in [0, 0.05) is 45.8 Å². The lowest BCUT2D eigenvalue weighted by Gasteiger charge is -2.38. The van der Waals surface area contributed by atoms with Crippen molar-refractivity contribution < 1.29 is 14.3 Å². The molecule has 10 nitrogen and oxygen atoms in total. The molecule has 1 aromatic carbocycles. The first-order valence-corrected chi connectivity index (χ1v) is 20.8. The Morgan fingerprint density at radius 1 is 1.11 bits per heavy atom. The second kappa shape index (κ2) is 13.7. The zero-order chi connectivity index (χ0) is 31.6. The maximum Gasteiger partial charge on any atom is 0.314 e. The van der Waals surface area contributed by atoms with E-state index in [1.165, 1.54) is 25.9 Å². The number of carbonyl (C=O) groups excluding carboxylic acids is 2. The van der Waals surface area contributed by atoms with Gasteiger partial charge in [-0.3, -0.25) is 14.6 Å². The van der Waals surface area contributed by atoms with Gasteiger partial charge in [0.15, 0.2) is 0 Å². The summed E-state index contributed by atoms with van der Waals surface area (Å²) >= 11 is 1.76. The number of piperidine rings is 1. The molecule has 4 aromatic rings. The number of pyridine rings is 1. The number of likely N-dealkylation sites (tertiary alicyclic amines) is 2. The summed E-state index contributed by atoms with van der Waals surface area (Å²) in [6.45, 7) is 14.0. The molecule has 5 heterocycles. The first-order valence-electron chi connectivity index (χ1n) is 16.3. The third-order valence-electron chi connectivity index (χ3n) is 8.95. The summed E-state index contributed by atoms with van der Waals surface area (Å²) in [6.07, 6.45) is 10.3. The summed E-state index contributed by atoms with van der Waals surface area (Å²) in [5.74, 6) is -0.904. The molecule has 6 rings (SSSR count). The van der Waals surface area contributed by atoms with Crippen LogP contribution in [0.15, 0.2) is 36.8 Å². The van der Waals surface area contributed by atoms with E-state index in [0.29, 0.717) is 30.3 Å².